The van der Waals surface area contributed by atoms with E-state index >= 15 is 0 Å². The van der Waals surface area contributed by atoms with Gasteiger partial charge >= 0.3 is 5.97 Å². The number of rotatable bonds is 2. The van der Waals surface area contributed by atoms with E-state index in [2.05, 4.69) is 0 Å². The van der Waals surface area contributed by atoms with Gasteiger partial charge in [-0.1, -0.05) is 0 Å². The van der Waals surface area contributed by atoms with Gasteiger partial charge in [0.25, 0.3) is 0 Å². The van der Waals surface area contributed by atoms with Crippen molar-refractivity contribution < 1.29 is 17.9 Å². The smallest absolute Gasteiger partial charge is 0.309 e. The van der Waals surface area contributed by atoms with Crippen LogP contribution in [0, 0.1) is 5.92 Å². The van der Waals surface area contributed by atoms with E-state index in [1.165, 1.54) is 0 Å². The molecule has 6 heteroatoms. The summed E-state index contributed by atoms with van der Waals surface area (Å²) < 4.78 is 26.9. The van der Waals surface area contributed by atoms with Crippen LogP contribution < -0.4 is 0 Å². The van der Waals surface area contributed by atoms with Gasteiger partial charge in [0.2, 0.25) is 9.05 Å². The molecule has 0 heterocycles. The summed E-state index contributed by atoms with van der Waals surface area (Å²) in [6.07, 6.45) is 0.557. The van der Waals surface area contributed by atoms with Crippen LogP contribution in [0.4, 0.5) is 0 Å². The molecule has 1 fully saturated rings. The van der Waals surface area contributed by atoms with Gasteiger partial charge in [-0.2, -0.15) is 0 Å². The minimum Gasteiger partial charge on any atom is -0.460 e. The molecular formula is C9H15ClO4S. The number of hydrogen-bond acceptors (Lipinski definition) is 4. The second kappa shape index (κ2) is 3.94. The number of hydrogen-bond donors (Lipinski definition) is 0. The molecule has 0 unspecified atom stereocenters. The largest absolute Gasteiger partial charge is 0.460 e. The Morgan fingerprint density at radius 1 is 1.33 bits per heavy atom. The predicted molar refractivity (Wildman–Crippen MR) is 57.1 cm³/mol. The molecule has 88 valence electrons. The zero-order valence-corrected chi connectivity index (χ0v) is 10.6. The molecule has 0 N–H and O–H groups in total. The highest BCUT2D eigenvalue weighted by Gasteiger charge is 2.43. The van der Waals surface area contributed by atoms with E-state index in [0.717, 1.165) is 0 Å². The molecule has 0 aromatic carbocycles. The molecule has 0 spiro atoms. The van der Waals surface area contributed by atoms with Crippen LogP contribution in [0.15, 0.2) is 0 Å². The maximum atomic E-state index is 11.5. The average molecular weight is 255 g/mol. The van der Waals surface area contributed by atoms with Gasteiger partial charge in [0, 0.05) is 10.7 Å². The Bertz CT molecular complexity index is 349. The van der Waals surface area contributed by atoms with Crippen molar-refractivity contribution in [2.45, 2.75) is 44.5 Å². The summed E-state index contributed by atoms with van der Waals surface area (Å²) in [7, 11) is 1.65. The SMILES string of the molecule is CC(C)(C)OC(=O)C1CC(S(=O)(=O)Cl)C1. The van der Waals surface area contributed by atoms with E-state index in [9.17, 15) is 13.2 Å². The highest BCUT2D eigenvalue weighted by atomic mass is 35.7. The highest BCUT2D eigenvalue weighted by molar-refractivity contribution is 8.14. The zero-order valence-electron chi connectivity index (χ0n) is 8.99. The lowest BCUT2D eigenvalue weighted by molar-refractivity contribution is -0.162. The molecule has 0 amide bonds. The number of halogens is 1. The van der Waals surface area contributed by atoms with E-state index in [4.69, 9.17) is 15.4 Å². The summed E-state index contributed by atoms with van der Waals surface area (Å²) in [5, 5.41) is -0.586. The Kier molecular flexibility index (Phi) is 3.36. The first-order valence-electron chi connectivity index (χ1n) is 4.76. The van der Waals surface area contributed by atoms with Crippen molar-refractivity contribution in [1.82, 2.24) is 0 Å². The summed E-state index contributed by atoms with van der Waals surface area (Å²) in [5.74, 6) is -0.651. The van der Waals surface area contributed by atoms with Crippen molar-refractivity contribution >= 4 is 25.7 Å². The molecule has 15 heavy (non-hydrogen) atoms. The summed E-state index contributed by atoms with van der Waals surface area (Å²) in [5.41, 5.74) is -0.526. The third-order valence-electron chi connectivity index (χ3n) is 2.23. The van der Waals surface area contributed by atoms with Crippen molar-refractivity contribution in [3.05, 3.63) is 0 Å². The van der Waals surface area contributed by atoms with E-state index in [0.29, 0.717) is 0 Å². The Hall–Kier alpha value is -0.290. The standard InChI is InChI=1S/C9H15ClO4S/c1-9(2,3)14-8(11)6-4-7(5-6)15(10,12)13/h6-7H,4-5H2,1-3H3. The van der Waals surface area contributed by atoms with Gasteiger partial charge < -0.3 is 4.74 Å². The quantitative estimate of drug-likeness (QED) is 0.556. The van der Waals surface area contributed by atoms with Crippen molar-refractivity contribution in [3.8, 4) is 0 Å². The Morgan fingerprint density at radius 3 is 2.13 bits per heavy atom. The molecule has 0 aromatic rings. The minimum absolute atomic E-state index is 0.279. The van der Waals surface area contributed by atoms with Gasteiger partial charge in [-0.3, -0.25) is 4.79 Å². The molecule has 0 saturated heterocycles. The molecule has 1 aliphatic carbocycles. The lowest BCUT2D eigenvalue weighted by atomic mass is 9.85. The number of carbonyl (C=O) groups is 1. The lowest BCUT2D eigenvalue weighted by Gasteiger charge is -2.33. The molecule has 0 radical (unpaired) electrons. The molecule has 4 nitrogen and oxygen atoms in total. The first kappa shape index (κ1) is 12.8. The van der Waals surface area contributed by atoms with Crippen LogP contribution in [0.1, 0.15) is 33.6 Å². The predicted octanol–water partition coefficient (Wildman–Crippen LogP) is 1.68. The molecule has 0 aromatic heterocycles. The highest BCUT2D eigenvalue weighted by Crippen LogP contribution is 2.36. The molecular weight excluding hydrogens is 240 g/mol. The summed E-state index contributed by atoms with van der Waals surface area (Å²) in [6.45, 7) is 5.33. The van der Waals surface area contributed by atoms with Gasteiger partial charge in [0.1, 0.15) is 5.60 Å². The van der Waals surface area contributed by atoms with Gasteiger partial charge in [-0.25, -0.2) is 8.42 Å². The summed E-state index contributed by atoms with van der Waals surface area (Å²) in [4.78, 5) is 11.5. The van der Waals surface area contributed by atoms with E-state index in [1.54, 1.807) is 20.8 Å². The number of ether oxygens (including phenoxy) is 1. The Balaban J connectivity index is 2.43. The Morgan fingerprint density at radius 2 is 1.80 bits per heavy atom. The van der Waals surface area contributed by atoms with Crippen molar-refractivity contribution in [2.75, 3.05) is 0 Å². The van der Waals surface area contributed by atoms with Crippen LogP contribution >= 0.6 is 10.7 Å². The topological polar surface area (TPSA) is 60.4 Å². The zero-order chi connectivity index (χ0) is 11.9. The second-order valence-corrected chi connectivity index (χ2v) is 7.71. The lowest BCUT2D eigenvalue weighted by Crippen LogP contribution is -2.41. The monoisotopic (exact) mass is 254 g/mol. The molecule has 1 aliphatic rings. The van der Waals surface area contributed by atoms with Crippen molar-refractivity contribution in [2.24, 2.45) is 5.92 Å². The van der Waals surface area contributed by atoms with Crippen LogP contribution in [0.25, 0.3) is 0 Å². The number of esters is 1. The first-order chi connectivity index (χ1) is 6.59. The second-order valence-electron chi connectivity index (χ2n) is 4.80. The van der Waals surface area contributed by atoms with Gasteiger partial charge in [-0.15, -0.1) is 0 Å². The molecule has 1 saturated carbocycles. The van der Waals surface area contributed by atoms with Gasteiger partial charge in [0.15, 0.2) is 0 Å². The maximum Gasteiger partial charge on any atom is 0.309 e. The third kappa shape index (κ3) is 3.65. The van der Waals surface area contributed by atoms with Crippen LogP contribution in [0.3, 0.4) is 0 Å². The van der Waals surface area contributed by atoms with Crippen LogP contribution in [0.2, 0.25) is 0 Å². The Labute approximate surface area is 94.4 Å². The molecule has 0 bridgehead atoms. The van der Waals surface area contributed by atoms with Gasteiger partial charge in [-0.05, 0) is 33.6 Å². The summed E-state index contributed by atoms with van der Waals surface area (Å²) >= 11 is 0. The fourth-order valence-electron chi connectivity index (χ4n) is 1.37. The number of carbonyl (C=O) groups excluding carboxylic acids is 1. The van der Waals surface area contributed by atoms with Crippen LogP contribution in [0.5, 0.6) is 0 Å². The molecule has 0 atom stereocenters. The van der Waals surface area contributed by atoms with E-state index < -0.39 is 19.9 Å². The maximum absolute atomic E-state index is 11.5. The van der Waals surface area contributed by atoms with Crippen LogP contribution in [-0.2, 0) is 18.6 Å². The minimum atomic E-state index is -3.51. The van der Waals surface area contributed by atoms with Crippen LogP contribution in [-0.4, -0.2) is 25.2 Å². The fraction of sp³-hybridized carbons (Fsp3) is 0.889. The first-order valence-corrected chi connectivity index (χ1v) is 7.13. The molecule has 0 aliphatic heterocycles. The van der Waals surface area contributed by atoms with E-state index in [1.807, 2.05) is 0 Å². The van der Waals surface area contributed by atoms with Crippen molar-refractivity contribution in [3.63, 3.8) is 0 Å². The van der Waals surface area contributed by atoms with E-state index in [-0.39, 0.29) is 24.7 Å². The fourth-order valence-corrected chi connectivity index (χ4v) is 2.73. The van der Waals surface area contributed by atoms with Gasteiger partial charge in [0.05, 0.1) is 11.2 Å². The average Bonchev–Trinajstić information content (AvgIpc) is 1.72. The third-order valence-corrected chi connectivity index (χ3v) is 4.17. The van der Waals surface area contributed by atoms with Crippen molar-refractivity contribution in [1.29, 1.82) is 0 Å². The normalized spacial score (nSPS) is 26.9. The summed E-state index contributed by atoms with van der Waals surface area (Å²) in [6, 6.07) is 0. The molecule has 1 rings (SSSR count).